The maximum Gasteiger partial charge on any atom is 0.259 e. The van der Waals surface area contributed by atoms with Crippen LogP contribution in [0, 0.1) is 0 Å². The predicted octanol–water partition coefficient (Wildman–Crippen LogP) is 1.52. The number of fused-ring (bicyclic) bond motifs is 1. The van der Waals surface area contributed by atoms with Crippen LogP contribution in [0.15, 0.2) is 22.8 Å². The molecule has 2 fully saturated rings. The van der Waals surface area contributed by atoms with Gasteiger partial charge in [-0.3, -0.25) is 9.69 Å². The van der Waals surface area contributed by atoms with E-state index in [-0.39, 0.29) is 24.2 Å². The molecule has 0 aliphatic carbocycles. The van der Waals surface area contributed by atoms with Gasteiger partial charge < -0.3 is 20.0 Å². The molecule has 2 N–H and O–H groups in total. The molecule has 0 saturated carbocycles. The van der Waals surface area contributed by atoms with E-state index < -0.39 is 12.0 Å². The van der Waals surface area contributed by atoms with E-state index in [1.54, 1.807) is 21.9 Å². The van der Waals surface area contributed by atoms with Gasteiger partial charge in [-0.1, -0.05) is 0 Å². The first-order valence-electron chi connectivity index (χ1n) is 11.4. The summed E-state index contributed by atoms with van der Waals surface area (Å²) in [5.41, 5.74) is 6.15. The number of furan rings is 1. The molecule has 2 aliphatic heterocycles. The Bertz CT molecular complexity index is 1150. The van der Waals surface area contributed by atoms with Crippen LogP contribution in [0.25, 0.3) is 17.4 Å². The van der Waals surface area contributed by atoms with Crippen LogP contribution in [0.3, 0.4) is 0 Å². The number of anilines is 2. The summed E-state index contributed by atoms with van der Waals surface area (Å²) in [6.07, 6.45) is 3.98. The first kappa shape index (κ1) is 22.4. The Morgan fingerprint density at radius 2 is 1.97 bits per heavy atom. The van der Waals surface area contributed by atoms with Crippen LogP contribution in [-0.4, -0.2) is 91.5 Å². The minimum Gasteiger partial charge on any atom is -0.461 e. The van der Waals surface area contributed by atoms with E-state index in [4.69, 9.17) is 10.2 Å². The number of hydrogen-bond acceptors (Lipinski definition) is 9. The summed E-state index contributed by atoms with van der Waals surface area (Å²) in [7, 11) is 0. The van der Waals surface area contributed by atoms with E-state index in [1.807, 2.05) is 4.90 Å². The molecular formula is C21H27F2N9O2. The van der Waals surface area contributed by atoms with Gasteiger partial charge in [0, 0.05) is 39.6 Å². The summed E-state index contributed by atoms with van der Waals surface area (Å²) in [5, 5.41) is 4.31. The van der Waals surface area contributed by atoms with Crippen LogP contribution in [-0.2, 0) is 4.79 Å². The normalized spacial score (nSPS) is 20.3. The first-order chi connectivity index (χ1) is 16.3. The Morgan fingerprint density at radius 3 is 2.68 bits per heavy atom. The number of halogens is 2. The molecule has 1 amide bonds. The zero-order valence-electron chi connectivity index (χ0n) is 18.9. The lowest BCUT2D eigenvalue weighted by Gasteiger charge is -2.41. The van der Waals surface area contributed by atoms with Crippen molar-refractivity contribution in [3.8, 4) is 11.6 Å². The smallest absolute Gasteiger partial charge is 0.259 e. The summed E-state index contributed by atoms with van der Waals surface area (Å²) in [4.78, 5) is 32.1. The van der Waals surface area contributed by atoms with E-state index in [0.29, 0.717) is 56.7 Å². The standard InChI is InChI=1S/C21H27F2N9O2/c1-21(22,23)13-29-8-10-30(11-9-29)17(33)14-5-2-3-7-31(14)19-26-18(24)32-20(27-19)25-16(28-32)15-6-4-12-34-15/h4,6,12,14H,2-3,5,7-11,13H2,1H3,(H2,24,25,26,27,28)/t14-/m0/s1. The highest BCUT2D eigenvalue weighted by atomic mass is 19.3. The second-order valence-electron chi connectivity index (χ2n) is 8.88. The predicted molar refractivity (Wildman–Crippen MR) is 119 cm³/mol. The van der Waals surface area contributed by atoms with E-state index in [2.05, 4.69) is 20.1 Å². The largest absolute Gasteiger partial charge is 0.461 e. The van der Waals surface area contributed by atoms with Gasteiger partial charge in [-0.05, 0) is 31.4 Å². The van der Waals surface area contributed by atoms with Gasteiger partial charge >= 0.3 is 0 Å². The minimum atomic E-state index is -2.75. The molecule has 1 atom stereocenters. The molecule has 0 unspecified atom stereocenters. The highest BCUT2D eigenvalue weighted by Gasteiger charge is 2.36. The molecule has 34 heavy (non-hydrogen) atoms. The summed E-state index contributed by atoms with van der Waals surface area (Å²) < 4.78 is 33.4. The quantitative estimate of drug-likeness (QED) is 0.585. The Morgan fingerprint density at radius 1 is 1.18 bits per heavy atom. The first-order valence-corrected chi connectivity index (χ1v) is 11.4. The number of piperidine rings is 1. The third-order valence-electron chi connectivity index (χ3n) is 6.19. The number of carbonyl (C=O) groups excluding carboxylic acids is 1. The van der Waals surface area contributed by atoms with Gasteiger partial charge in [0.25, 0.3) is 11.7 Å². The van der Waals surface area contributed by atoms with E-state index in [1.165, 1.54) is 10.8 Å². The van der Waals surface area contributed by atoms with Crippen molar-refractivity contribution in [3.63, 3.8) is 0 Å². The van der Waals surface area contributed by atoms with Gasteiger partial charge in [0.05, 0.1) is 12.8 Å². The fourth-order valence-corrected chi connectivity index (χ4v) is 4.59. The summed E-state index contributed by atoms with van der Waals surface area (Å²) in [5.74, 6) is -1.27. The van der Waals surface area contributed by atoms with Crippen molar-refractivity contribution in [2.45, 2.75) is 38.2 Å². The molecule has 2 saturated heterocycles. The molecule has 13 heteroatoms. The van der Waals surface area contributed by atoms with Gasteiger partial charge in [-0.2, -0.15) is 19.5 Å². The van der Waals surface area contributed by atoms with Crippen molar-refractivity contribution in [3.05, 3.63) is 18.4 Å². The van der Waals surface area contributed by atoms with Crippen LogP contribution >= 0.6 is 0 Å². The number of carbonyl (C=O) groups is 1. The molecule has 182 valence electrons. The van der Waals surface area contributed by atoms with Crippen LogP contribution < -0.4 is 10.6 Å². The fourth-order valence-electron chi connectivity index (χ4n) is 4.59. The third kappa shape index (κ3) is 4.52. The lowest BCUT2D eigenvalue weighted by atomic mass is 10.0. The monoisotopic (exact) mass is 475 g/mol. The molecule has 5 rings (SSSR count). The van der Waals surface area contributed by atoms with Gasteiger partial charge in [-0.15, -0.1) is 5.10 Å². The molecular weight excluding hydrogens is 448 g/mol. The second kappa shape index (κ2) is 8.78. The number of alkyl halides is 2. The molecule has 0 radical (unpaired) electrons. The van der Waals surface area contributed by atoms with Crippen LogP contribution in [0.5, 0.6) is 0 Å². The van der Waals surface area contributed by atoms with Crippen molar-refractivity contribution >= 4 is 23.6 Å². The Balaban J connectivity index is 1.35. The van der Waals surface area contributed by atoms with Gasteiger partial charge in [-0.25, -0.2) is 8.78 Å². The maximum absolute atomic E-state index is 13.4. The van der Waals surface area contributed by atoms with Crippen molar-refractivity contribution in [1.29, 1.82) is 0 Å². The molecule has 3 aromatic rings. The van der Waals surface area contributed by atoms with Crippen molar-refractivity contribution in [1.82, 2.24) is 34.4 Å². The number of amides is 1. The zero-order valence-corrected chi connectivity index (χ0v) is 18.9. The number of hydrogen-bond donors (Lipinski definition) is 1. The van der Waals surface area contributed by atoms with Gasteiger partial charge in [0.2, 0.25) is 23.6 Å². The Kier molecular flexibility index (Phi) is 5.80. The van der Waals surface area contributed by atoms with Crippen molar-refractivity contribution in [2.75, 3.05) is 49.9 Å². The molecule has 5 heterocycles. The highest BCUT2D eigenvalue weighted by Crippen LogP contribution is 2.26. The van der Waals surface area contributed by atoms with Crippen molar-refractivity contribution < 1.29 is 18.0 Å². The number of nitrogen functional groups attached to an aromatic ring is 1. The number of rotatable bonds is 5. The Hall–Kier alpha value is -3.35. The average molecular weight is 476 g/mol. The molecule has 3 aromatic heterocycles. The zero-order chi connectivity index (χ0) is 23.9. The van der Waals surface area contributed by atoms with E-state index in [9.17, 15) is 13.6 Å². The molecule has 0 aromatic carbocycles. The van der Waals surface area contributed by atoms with E-state index in [0.717, 1.165) is 19.8 Å². The third-order valence-corrected chi connectivity index (χ3v) is 6.19. The lowest BCUT2D eigenvalue weighted by Crippen LogP contribution is -2.57. The summed E-state index contributed by atoms with van der Waals surface area (Å²) in [6, 6.07) is 3.03. The summed E-state index contributed by atoms with van der Waals surface area (Å²) >= 11 is 0. The fraction of sp³-hybridized carbons (Fsp3) is 0.571. The van der Waals surface area contributed by atoms with Crippen molar-refractivity contribution in [2.24, 2.45) is 0 Å². The number of piperazine rings is 1. The number of nitrogens with zero attached hydrogens (tertiary/aromatic N) is 8. The number of nitrogens with two attached hydrogens (primary N) is 1. The second-order valence-corrected chi connectivity index (χ2v) is 8.88. The Labute approximate surface area is 194 Å². The summed E-state index contributed by atoms with van der Waals surface area (Å²) in [6.45, 7) is 2.90. The average Bonchev–Trinajstić information content (AvgIpc) is 3.48. The maximum atomic E-state index is 13.4. The topological polar surface area (TPSA) is 122 Å². The molecule has 0 bridgehead atoms. The highest BCUT2D eigenvalue weighted by molar-refractivity contribution is 5.85. The SMILES string of the molecule is CC(F)(F)CN1CCN(C(=O)[C@@H]2CCCCN2c2nc(N)n3nc(-c4ccco4)nc3n2)CC1. The van der Waals surface area contributed by atoms with Crippen LogP contribution in [0.1, 0.15) is 26.2 Å². The lowest BCUT2D eigenvalue weighted by molar-refractivity contribution is -0.135. The van der Waals surface area contributed by atoms with E-state index >= 15 is 0 Å². The van der Waals surface area contributed by atoms with Crippen LogP contribution in [0.2, 0.25) is 0 Å². The molecule has 11 nitrogen and oxygen atoms in total. The number of aromatic nitrogens is 5. The molecule has 0 spiro atoms. The minimum absolute atomic E-state index is 0.0394. The van der Waals surface area contributed by atoms with Gasteiger partial charge in [0.1, 0.15) is 6.04 Å². The molecule has 2 aliphatic rings. The van der Waals surface area contributed by atoms with Gasteiger partial charge in [0.15, 0.2) is 5.76 Å². The van der Waals surface area contributed by atoms with Crippen LogP contribution in [0.4, 0.5) is 20.7 Å².